The molecule has 2 aliphatic rings. The van der Waals surface area contributed by atoms with Crippen LogP contribution in [0.3, 0.4) is 0 Å². The van der Waals surface area contributed by atoms with E-state index in [-0.39, 0.29) is 29.7 Å². The highest BCUT2D eigenvalue weighted by Crippen LogP contribution is 2.19. The highest BCUT2D eigenvalue weighted by Gasteiger charge is 2.27. The second-order valence-electron chi connectivity index (χ2n) is 7.00. The molecule has 28 heavy (non-hydrogen) atoms. The Balaban J connectivity index is 0.00000280. The summed E-state index contributed by atoms with van der Waals surface area (Å²) in [5, 5.41) is 3.35. The summed E-state index contributed by atoms with van der Waals surface area (Å²) >= 11 is 0. The van der Waals surface area contributed by atoms with Crippen molar-refractivity contribution in [1.82, 2.24) is 14.5 Å². The summed E-state index contributed by atoms with van der Waals surface area (Å²) in [6.45, 7) is 6.36. The largest absolute Gasteiger partial charge is 0.357 e. The second kappa shape index (κ2) is 11.2. The molecule has 2 fully saturated rings. The normalized spacial score (nSPS) is 20.0. The molecule has 156 valence electrons. The van der Waals surface area contributed by atoms with E-state index in [1.54, 1.807) is 4.31 Å². The molecule has 0 aliphatic carbocycles. The minimum Gasteiger partial charge on any atom is -0.357 e. The first-order chi connectivity index (χ1) is 13.1. The number of halogens is 1. The van der Waals surface area contributed by atoms with Gasteiger partial charge in [-0.05, 0) is 31.7 Å². The van der Waals surface area contributed by atoms with E-state index < -0.39 is 10.0 Å². The van der Waals surface area contributed by atoms with Crippen LogP contribution in [0.4, 0.5) is 0 Å². The first-order valence-electron chi connectivity index (χ1n) is 9.84. The van der Waals surface area contributed by atoms with Crippen LogP contribution in [-0.2, 0) is 10.0 Å². The quantitative estimate of drug-likeness (QED) is 0.370. The first-order valence-corrected chi connectivity index (χ1v) is 11.4. The van der Waals surface area contributed by atoms with Gasteiger partial charge in [0.25, 0.3) is 0 Å². The molecule has 0 bridgehead atoms. The van der Waals surface area contributed by atoms with Gasteiger partial charge < -0.3 is 10.2 Å². The van der Waals surface area contributed by atoms with Crippen molar-refractivity contribution in [2.24, 2.45) is 4.99 Å². The number of sulfonamides is 1. The van der Waals surface area contributed by atoms with Crippen LogP contribution in [0, 0.1) is 0 Å². The summed E-state index contributed by atoms with van der Waals surface area (Å²) in [7, 11) is -3.04. The van der Waals surface area contributed by atoms with Crippen LogP contribution in [0.5, 0.6) is 0 Å². The Bertz CT molecular complexity index is 771. The Morgan fingerprint density at radius 3 is 2.50 bits per heavy atom. The molecule has 6 nitrogen and oxygen atoms in total. The van der Waals surface area contributed by atoms with Crippen molar-refractivity contribution in [3.8, 4) is 0 Å². The number of nitrogens with one attached hydrogen (secondary N) is 1. The molecule has 2 saturated heterocycles. The van der Waals surface area contributed by atoms with E-state index in [9.17, 15) is 8.42 Å². The van der Waals surface area contributed by atoms with Gasteiger partial charge in [-0.2, -0.15) is 0 Å². The van der Waals surface area contributed by atoms with Crippen molar-refractivity contribution in [2.75, 3.05) is 45.0 Å². The molecule has 1 aromatic carbocycles. The van der Waals surface area contributed by atoms with Crippen molar-refractivity contribution < 1.29 is 8.42 Å². The lowest BCUT2D eigenvalue weighted by Gasteiger charge is -2.31. The first kappa shape index (κ1) is 23.2. The fourth-order valence-corrected chi connectivity index (χ4v) is 5.09. The average Bonchev–Trinajstić information content (AvgIpc) is 3.01. The number of aliphatic imine (C=N–C) groups is 1. The van der Waals surface area contributed by atoms with Crippen molar-refractivity contribution in [3.05, 3.63) is 41.5 Å². The zero-order chi connectivity index (χ0) is 19.1. The Hall–Kier alpha value is -1.13. The third-order valence-corrected chi connectivity index (χ3v) is 6.98. The minimum absolute atomic E-state index is 0. The maximum absolute atomic E-state index is 11.9. The lowest BCUT2D eigenvalue weighted by molar-refractivity contribution is 0.374. The third kappa shape index (κ3) is 6.45. The maximum Gasteiger partial charge on any atom is 0.214 e. The van der Waals surface area contributed by atoms with Gasteiger partial charge in [-0.1, -0.05) is 42.0 Å². The Morgan fingerprint density at radius 1 is 1.18 bits per heavy atom. The zero-order valence-corrected chi connectivity index (χ0v) is 19.7. The van der Waals surface area contributed by atoms with Crippen molar-refractivity contribution in [1.29, 1.82) is 0 Å². The number of piperidine rings is 1. The minimum atomic E-state index is -3.04. The molecule has 2 aliphatic heterocycles. The molecule has 1 aromatic rings. The van der Waals surface area contributed by atoms with Gasteiger partial charge in [0.05, 0.1) is 12.3 Å². The predicted molar refractivity (Wildman–Crippen MR) is 127 cm³/mol. The molecule has 0 radical (unpaired) electrons. The van der Waals surface area contributed by atoms with Gasteiger partial charge in [-0.25, -0.2) is 12.7 Å². The number of hydrogen-bond acceptors (Lipinski definition) is 3. The topological polar surface area (TPSA) is 65.0 Å². The second-order valence-corrected chi connectivity index (χ2v) is 9.09. The van der Waals surface area contributed by atoms with E-state index in [0.29, 0.717) is 19.6 Å². The average molecular weight is 518 g/mol. The molecule has 8 heteroatoms. The molecule has 2 heterocycles. The molecule has 0 aromatic heterocycles. The van der Waals surface area contributed by atoms with Crippen molar-refractivity contribution in [3.63, 3.8) is 0 Å². The van der Waals surface area contributed by atoms with Crippen LogP contribution < -0.4 is 5.32 Å². The Kier molecular flexibility index (Phi) is 9.23. The summed E-state index contributed by atoms with van der Waals surface area (Å²) in [5.41, 5.74) is 2.73. The highest BCUT2D eigenvalue weighted by molar-refractivity contribution is 14.0. The van der Waals surface area contributed by atoms with E-state index in [2.05, 4.69) is 52.5 Å². The lowest BCUT2D eigenvalue weighted by Crippen LogP contribution is -2.44. The van der Waals surface area contributed by atoms with Gasteiger partial charge in [0.2, 0.25) is 10.0 Å². The fourth-order valence-electron chi connectivity index (χ4n) is 3.57. The van der Waals surface area contributed by atoms with Crippen LogP contribution in [0.15, 0.2) is 40.9 Å². The smallest absolute Gasteiger partial charge is 0.214 e. The fraction of sp³-hybridized carbons (Fsp3) is 0.550. The van der Waals surface area contributed by atoms with E-state index in [1.807, 2.05) is 6.07 Å². The standard InChI is InChI=1S/C20H30N4O2S.HI/c1-2-21-20(22-11-15-24-12-6-16-27(24,25)26)23-13-9-19(10-14-23)17-18-7-4-3-5-8-18;/h3-5,7-8,17H,2,6,9-16H2,1H3,(H,21,22);1H. The van der Waals surface area contributed by atoms with Gasteiger partial charge in [0.1, 0.15) is 0 Å². The van der Waals surface area contributed by atoms with Crippen molar-refractivity contribution >= 4 is 46.0 Å². The molecule has 0 spiro atoms. The molecule has 0 amide bonds. The summed E-state index contributed by atoms with van der Waals surface area (Å²) < 4.78 is 25.4. The number of benzene rings is 1. The van der Waals surface area contributed by atoms with Gasteiger partial charge in [-0.15, -0.1) is 24.0 Å². The van der Waals surface area contributed by atoms with Gasteiger partial charge >= 0.3 is 0 Å². The monoisotopic (exact) mass is 518 g/mol. The van der Waals surface area contributed by atoms with Crippen LogP contribution in [0.25, 0.3) is 6.08 Å². The van der Waals surface area contributed by atoms with E-state index in [4.69, 9.17) is 0 Å². The molecule has 1 N–H and O–H groups in total. The molecular weight excluding hydrogens is 487 g/mol. The van der Waals surface area contributed by atoms with Crippen molar-refractivity contribution in [2.45, 2.75) is 26.2 Å². The summed E-state index contributed by atoms with van der Waals surface area (Å²) in [5.74, 6) is 1.17. The van der Waals surface area contributed by atoms with Gasteiger partial charge in [0, 0.05) is 32.7 Å². The molecular formula is C20H31IN4O2S. The summed E-state index contributed by atoms with van der Waals surface area (Å²) in [6.07, 6.45) is 5.08. The van der Waals surface area contributed by atoms with Crippen LogP contribution >= 0.6 is 24.0 Å². The van der Waals surface area contributed by atoms with E-state index >= 15 is 0 Å². The molecule has 0 atom stereocenters. The molecule has 3 rings (SSSR count). The number of likely N-dealkylation sites (tertiary alicyclic amines) is 1. The SMILES string of the molecule is CCNC(=NCCN1CCCS1(=O)=O)N1CCC(=Cc2ccccc2)CC1.I. The number of guanidine groups is 1. The summed E-state index contributed by atoms with van der Waals surface area (Å²) in [6, 6.07) is 10.4. The van der Waals surface area contributed by atoms with E-state index in [1.165, 1.54) is 11.1 Å². The van der Waals surface area contributed by atoms with Gasteiger partial charge in [-0.3, -0.25) is 4.99 Å². The number of nitrogens with zero attached hydrogens (tertiary/aromatic N) is 3. The van der Waals surface area contributed by atoms with Crippen LogP contribution in [0.1, 0.15) is 31.7 Å². The highest BCUT2D eigenvalue weighted by atomic mass is 127. The maximum atomic E-state index is 11.9. The Labute approximate surface area is 186 Å². The molecule has 0 unspecified atom stereocenters. The number of rotatable bonds is 5. The molecule has 0 saturated carbocycles. The summed E-state index contributed by atoms with van der Waals surface area (Å²) in [4.78, 5) is 6.96. The van der Waals surface area contributed by atoms with Crippen LogP contribution in [0.2, 0.25) is 0 Å². The Morgan fingerprint density at radius 2 is 1.89 bits per heavy atom. The van der Waals surface area contributed by atoms with Gasteiger partial charge in [0.15, 0.2) is 5.96 Å². The number of hydrogen-bond donors (Lipinski definition) is 1. The lowest BCUT2D eigenvalue weighted by atomic mass is 10.0. The van der Waals surface area contributed by atoms with E-state index in [0.717, 1.165) is 44.9 Å². The zero-order valence-electron chi connectivity index (χ0n) is 16.5. The third-order valence-electron chi connectivity index (χ3n) is 5.02. The van der Waals surface area contributed by atoms with Crippen LogP contribution in [-0.4, -0.2) is 68.6 Å². The predicted octanol–water partition coefficient (Wildman–Crippen LogP) is 2.78.